The Hall–Kier alpha value is -3.31. The number of anilines is 2. The molecule has 4 aliphatic carbocycles. The molecule has 3 saturated carbocycles. The summed E-state index contributed by atoms with van der Waals surface area (Å²) in [7, 11) is -4.08. The molecule has 2 N–H and O–H groups in total. The maximum absolute atomic E-state index is 13.6. The molecule has 2 bridgehead atoms. The van der Waals surface area contributed by atoms with E-state index in [1.54, 1.807) is 29.8 Å². The van der Waals surface area contributed by atoms with Gasteiger partial charge in [-0.1, -0.05) is 64.0 Å². The second-order valence-corrected chi connectivity index (χ2v) is 23.7. The van der Waals surface area contributed by atoms with Crippen LogP contribution in [0.3, 0.4) is 0 Å². The Balaban J connectivity index is 0.841. The Labute approximate surface area is 371 Å². The number of nitrogens with one attached hydrogen (secondary N) is 2. The van der Waals surface area contributed by atoms with Crippen molar-refractivity contribution in [1.29, 1.82) is 0 Å². The number of rotatable bonds is 16. The number of aryl methyl sites for hydroxylation is 1. The van der Waals surface area contributed by atoms with Crippen LogP contribution in [0.1, 0.15) is 108 Å². The molecular weight excluding hydrogens is 795 g/mol. The Morgan fingerprint density at radius 1 is 0.869 bits per heavy atom. The van der Waals surface area contributed by atoms with E-state index in [1.807, 2.05) is 48.5 Å². The van der Waals surface area contributed by atoms with Gasteiger partial charge in [0.15, 0.2) is 0 Å². The van der Waals surface area contributed by atoms with E-state index >= 15 is 0 Å². The minimum absolute atomic E-state index is 0.0833. The summed E-state index contributed by atoms with van der Waals surface area (Å²) in [5, 5.41) is 3.76. The van der Waals surface area contributed by atoms with Crippen molar-refractivity contribution in [2.75, 3.05) is 68.3 Å². The molecule has 0 aromatic heterocycles. The molecule has 0 unspecified atom stereocenters. The number of thioether (sulfide) groups is 1. The number of hydrogen-bond acceptors (Lipinski definition) is 8. The highest BCUT2D eigenvalue weighted by atomic mass is 32.2. The van der Waals surface area contributed by atoms with E-state index in [4.69, 9.17) is 0 Å². The Morgan fingerprint density at radius 2 is 1.56 bits per heavy atom. The first-order chi connectivity index (χ1) is 29.1. The molecule has 3 aromatic carbocycles. The molecular formula is C51H71N5O3S2. The van der Waals surface area contributed by atoms with Crippen LogP contribution in [0, 0.1) is 35.0 Å². The van der Waals surface area contributed by atoms with Crippen LogP contribution < -0.4 is 14.9 Å². The quantitative estimate of drug-likeness (QED) is 0.109. The van der Waals surface area contributed by atoms with Gasteiger partial charge in [-0.2, -0.15) is 0 Å². The fraction of sp³-hybridized carbons (Fsp3) is 0.588. The molecule has 0 spiro atoms. The molecule has 5 fully saturated rings. The summed E-state index contributed by atoms with van der Waals surface area (Å²) in [6.45, 7) is 22.4. The topological polar surface area (TPSA) is 85.0 Å². The number of hydrogen-bond donors (Lipinski definition) is 2. The first kappa shape index (κ1) is 44.3. The van der Waals surface area contributed by atoms with Crippen molar-refractivity contribution in [3.8, 4) is 0 Å². The summed E-state index contributed by atoms with van der Waals surface area (Å²) in [6, 6.07) is 23.2. The van der Waals surface area contributed by atoms with Crippen LogP contribution in [0.2, 0.25) is 0 Å². The smallest absolute Gasteiger partial charge is 0.264 e. The van der Waals surface area contributed by atoms with Gasteiger partial charge in [0.05, 0.1) is 4.90 Å². The molecule has 6 aliphatic rings. The number of likely N-dealkylation sites (tertiary alicyclic amines) is 1. The highest BCUT2D eigenvalue weighted by Gasteiger charge is 2.66. The first-order valence-electron chi connectivity index (χ1n) is 23.2. The summed E-state index contributed by atoms with van der Waals surface area (Å²) in [4.78, 5) is 22.3. The number of allylic oxidation sites excluding steroid dienone is 1. The van der Waals surface area contributed by atoms with Gasteiger partial charge in [0, 0.05) is 72.9 Å². The summed E-state index contributed by atoms with van der Waals surface area (Å²) >= 11 is 1.84. The molecule has 1 amide bonds. The third-order valence-corrected chi connectivity index (χ3v) is 17.6. The van der Waals surface area contributed by atoms with Crippen LogP contribution in [0.15, 0.2) is 93.7 Å². The molecule has 3 aromatic rings. The average Bonchev–Trinajstić information content (AvgIpc) is 3.22. The van der Waals surface area contributed by atoms with Crippen molar-refractivity contribution >= 4 is 39.1 Å². The molecule has 2 saturated heterocycles. The minimum Gasteiger partial charge on any atom is -0.381 e. The fourth-order valence-electron chi connectivity index (χ4n) is 11.5. The van der Waals surface area contributed by atoms with E-state index in [-0.39, 0.29) is 10.9 Å². The van der Waals surface area contributed by atoms with E-state index in [0.717, 1.165) is 93.3 Å². The minimum atomic E-state index is -4.08. The van der Waals surface area contributed by atoms with E-state index in [9.17, 15) is 13.2 Å². The molecule has 61 heavy (non-hydrogen) atoms. The summed E-state index contributed by atoms with van der Waals surface area (Å²) in [5.74, 6) is 1.84. The van der Waals surface area contributed by atoms with E-state index in [2.05, 4.69) is 83.6 Å². The first-order valence-corrected chi connectivity index (χ1v) is 25.7. The van der Waals surface area contributed by atoms with E-state index in [1.165, 1.54) is 56.3 Å². The Morgan fingerprint density at radius 3 is 2.20 bits per heavy atom. The van der Waals surface area contributed by atoms with Gasteiger partial charge in [-0.05, 0) is 166 Å². The van der Waals surface area contributed by atoms with Crippen LogP contribution in [-0.4, -0.2) is 88.3 Å². The van der Waals surface area contributed by atoms with Crippen LogP contribution >= 0.6 is 11.8 Å². The molecule has 2 heterocycles. The SMILES string of the molecule is Cc1cc(S(=O)(=O)NC(=O)c2ccc(N3CCN(CC4=C(C56CC(C)(C5)C6)CC(C)(C)CC4)CC3)cc2)ccc1N[C@H](CCN1CCC(C(C)C)CC1)CSc1ccccc1. The van der Waals surface area contributed by atoms with Crippen molar-refractivity contribution in [3.63, 3.8) is 0 Å². The van der Waals surface area contributed by atoms with Crippen LogP contribution in [0.4, 0.5) is 11.4 Å². The van der Waals surface area contributed by atoms with Crippen molar-refractivity contribution < 1.29 is 13.2 Å². The predicted molar refractivity (Wildman–Crippen MR) is 253 cm³/mol. The van der Waals surface area contributed by atoms with Crippen LogP contribution in [-0.2, 0) is 10.0 Å². The number of sulfonamides is 1. The lowest BCUT2D eigenvalue weighted by atomic mass is 9.33. The number of piperazine rings is 1. The zero-order valence-electron chi connectivity index (χ0n) is 37.8. The molecule has 1 atom stereocenters. The van der Waals surface area contributed by atoms with Gasteiger partial charge >= 0.3 is 0 Å². The second-order valence-electron chi connectivity index (χ2n) is 20.9. The lowest BCUT2D eigenvalue weighted by Crippen LogP contribution is -2.61. The number of carbonyl (C=O) groups is 1. The zero-order valence-corrected chi connectivity index (χ0v) is 39.4. The number of amides is 1. The third kappa shape index (κ3) is 10.4. The molecule has 8 nitrogen and oxygen atoms in total. The molecule has 10 heteroatoms. The number of benzene rings is 3. The molecule has 9 rings (SSSR count). The summed E-state index contributed by atoms with van der Waals surface area (Å²) in [5.41, 5.74) is 8.26. The fourth-order valence-corrected chi connectivity index (χ4v) is 13.5. The summed E-state index contributed by atoms with van der Waals surface area (Å²) < 4.78 is 29.5. The van der Waals surface area contributed by atoms with Gasteiger partial charge in [0.1, 0.15) is 0 Å². The van der Waals surface area contributed by atoms with Crippen molar-refractivity contribution in [2.24, 2.45) is 28.1 Å². The second kappa shape index (κ2) is 18.1. The Kier molecular flexibility index (Phi) is 13.1. The normalized spacial score (nSPS) is 25.2. The highest BCUT2D eigenvalue weighted by Crippen LogP contribution is 2.77. The number of nitrogens with zero attached hydrogens (tertiary/aromatic N) is 3. The van der Waals surface area contributed by atoms with Crippen molar-refractivity contribution in [2.45, 2.75) is 115 Å². The standard InChI is InChI=1S/C51H71N5O3S2/c1-37(2)39-19-23-54(24-20-39)25-21-42(33-60-44-10-8-7-9-11-44)52-47-17-16-45(30-38(47)3)61(58,59)53-48(57)40-12-14-43(15-13-40)56-28-26-55(27-29-56)32-41-18-22-49(4,5)31-46(41)51-34-50(6,35-51)36-51/h7-17,30,37,39,42,52H,18-29,31-36H2,1-6H3,(H,53,57)/t42-,50?,51?/m1/s1. The lowest BCUT2D eigenvalue weighted by molar-refractivity contribution is -0.167. The maximum Gasteiger partial charge on any atom is 0.264 e. The molecule has 330 valence electrons. The monoisotopic (exact) mass is 865 g/mol. The summed E-state index contributed by atoms with van der Waals surface area (Å²) in [6.07, 6.45) is 11.5. The molecule has 2 aliphatic heterocycles. The third-order valence-electron chi connectivity index (χ3n) is 15.1. The maximum atomic E-state index is 13.6. The number of carbonyl (C=O) groups excluding carboxylic acids is 1. The molecule has 0 radical (unpaired) electrons. The number of piperidine rings is 1. The van der Waals surface area contributed by atoms with Gasteiger partial charge in [0.2, 0.25) is 0 Å². The Bertz CT molecular complexity index is 2130. The zero-order chi connectivity index (χ0) is 43.0. The van der Waals surface area contributed by atoms with Crippen LogP contribution in [0.25, 0.3) is 0 Å². The van der Waals surface area contributed by atoms with Crippen molar-refractivity contribution in [1.82, 2.24) is 14.5 Å². The van der Waals surface area contributed by atoms with Gasteiger partial charge in [0.25, 0.3) is 15.9 Å². The average molecular weight is 866 g/mol. The van der Waals surface area contributed by atoms with Crippen molar-refractivity contribution in [3.05, 3.63) is 95.1 Å². The predicted octanol–water partition coefficient (Wildman–Crippen LogP) is 10.3. The van der Waals surface area contributed by atoms with E-state index < -0.39 is 15.9 Å². The highest BCUT2D eigenvalue weighted by molar-refractivity contribution is 7.99. The lowest BCUT2D eigenvalue weighted by Gasteiger charge is -2.72. The van der Waals surface area contributed by atoms with Gasteiger partial charge < -0.3 is 15.1 Å². The van der Waals surface area contributed by atoms with Crippen LogP contribution in [0.5, 0.6) is 0 Å². The van der Waals surface area contributed by atoms with Gasteiger partial charge in [-0.3, -0.25) is 9.69 Å². The largest absolute Gasteiger partial charge is 0.381 e. The van der Waals surface area contributed by atoms with Gasteiger partial charge in [-0.15, -0.1) is 11.8 Å². The van der Waals surface area contributed by atoms with E-state index in [0.29, 0.717) is 21.8 Å². The van der Waals surface area contributed by atoms with Gasteiger partial charge in [-0.25, -0.2) is 13.1 Å².